The number of hydrogen-bond acceptors (Lipinski definition) is 2. The van der Waals surface area contributed by atoms with Crippen LogP contribution in [0.3, 0.4) is 0 Å². The number of aryl methyl sites for hydroxylation is 3. The average Bonchev–Trinajstić information content (AvgIpc) is 2.14. The van der Waals surface area contributed by atoms with Crippen LogP contribution in [0.2, 0.25) is 0 Å². The van der Waals surface area contributed by atoms with E-state index < -0.39 is 17.5 Å². The lowest BCUT2D eigenvalue weighted by molar-refractivity contribution is -0.152. The smallest absolute Gasteiger partial charge is 0.309 e. The van der Waals surface area contributed by atoms with Gasteiger partial charge in [0.2, 0.25) is 0 Å². The number of benzene rings is 1. The van der Waals surface area contributed by atoms with Crippen molar-refractivity contribution in [2.24, 2.45) is 5.92 Å². The molecule has 100 valence electrons. The molecule has 1 rings (SSSR count). The Morgan fingerprint density at radius 2 is 1.72 bits per heavy atom. The van der Waals surface area contributed by atoms with Crippen LogP contribution in [-0.2, 0) is 10.4 Å². The highest BCUT2D eigenvalue weighted by Gasteiger charge is 2.39. The molecule has 2 atom stereocenters. The molecular weight excluding hydrogens is 228 g/mol. The first-order valence-corrected chi connectivity index (χ1v) is 6.25. The Hall–Kier alpha value is -1.35. The van der Waals surface area contributed by atoms with Crippen molar-refractivity contribution in [1.29, 1.82) is 0 Å². The molecule has 0 amide bonds. The molecule has 0 saturated carbocycles. The molecule has 0 aromatic heterocycles. The Bertz CT molecular complexity index is 438. The Morgan fingerprint density at radius 3 is 2.06 bits per heavy atom. The summed E-state index contributed by atoms with van der Waals surface area (Å²) in [5.41, 5.74) is 2.40. The number of hydrogen-bond donors (Lipinski definition) is 2. The first-order chi connectivity index (χ1) is 8.21. The summed E-state index contributed by atoms with van der Waals surface area (Å²) in [5.74, 6) is -1.75. The maximum atomic E-state index is 11.3. The molecule has 3 nitrogen and oxygen atoms in total. The quantitative estimate of drug-likeness (QED) is 0.863. The summed E-state index contributed by atoms with van der Waals surface area (Å²) >= 11 is 0. The number of carboxylic acids is 1. The van der Waals surface area contributed by atoms with Crippen LogP contribution in [0.5, 0.6) is 0 Å². The van der Waals surface area contributed by atoms with Gasteiger partial charge in [-0.05, 0) is 50.8 Å². The van der Waals surface area contributed by atoms with Crippen LogP contribution in [-0.4, -0.2) is 16.2 Å². The first-order valence-electron chi connectivity index (χ1n) is 6.25. The third-order valence-corrected chi connectivity index (χ3v) is 3.57. The van der Waals surface area contributed by atoms with Gasteiger partial charge in [0.25, 0.3) is 0 Å². The highest BCUT2D eigenvalue weighted by atomic mass is 16.4. The predicted octanol–water partition coefficient (Wildman–Crippen LogP) is 2.93. The van der Waals surface area contributed by atoms with Crippen molar-refractivity contribution in [3.8, 4) is 0 Å². The number of rotatable bonds is 4. The Kier molecular flexibility index (Phi) is 4.17. The summed E-state index contributed by atoms with van der Waals surface area (Å²) in [4.78, 5) is 11.3. The minimum atomic E-state index is -1.34. The van der Waals surface area contributed by atoms with Gasteiger partial charge in [-0.25, -0.2) is 0 Å². The van der Waals surface area contributed by atoms with Gasteiger partial charge in [-0.1, -0.05) is 24.6 Å². The van der Waals surface area contributed by atoms with Gasteiger partial charge in [0, 0.05) is 0 Å². The Morgan fingerprint density at radius 1 is 1.28 bits per heavy atom. The molecule has 18 heavy (non-hydrogen) atoms. The van der Waals surface area contributed by atoms with Crippen LogP contribution in [0.4, 0.5) is 0 Å². The number of aliphatic carboxylic acids is 1. The molecule has 3 heteroatoms. The van der Waals surface area contributed by atoms with Gasteiger partial charge in [-0.2, -0.15) is 0 Å². The van der Waals surface area contributed by atoms with Crippen molar-refractivity contribution in [2.75, 3.05) is 0 Å². The molecule has 1 aromatic carbocycles. The van der Waals surface area contributed by atoms with E-state index in [1.807, 2.05) is 32.9 Å². The molecule has 0 saturated heterocycles. The molecule has 0 aliphatic rings. The predicted molar refractivity (Wildman–Crippen MR) is 71.6 cm³/mol. The van der Waals surface area contributed by atoms with E-state index in [1.54, 1.807) is 13.8 Å². The lowest BCUT2D eigenvalue weighted by Crippen LogP contribution is -2.38. The van der Waals surface area contributed by atoms with Crippen LogP contribution in [0.15, 0.2) is 12.1 Å². The number of aliphatic hydroxyl groups is 1. The lowest BCUT2D eigenvalue weighted by atomic mass is 9.77. The van der Waals surface area contributed by atoms with Gasteiger partial charge in [0.1, 0.15) is 5.60 Å². The van der Waals surface area contributed by atoms with E-state index in [9.17, 15) is 15.0 Å². The summed E-state index contributed by atoms with van der Waals surface area (Å²) in [6, 6.07) is 3.96. The molecule has 0 spiro atoms. The Balaban J connectivity index is 3.40. The van der Waals surface area contributed by atoms with Crippen LogP contribution in [0, 0.1) is 26.7 Å². The van der Waals surface area contributed by atoms with Gasteiger partial charge >= 0.3 is 5.97 Å². The van der Waals surface area contributed by atoms with Crippen LogP contribution in [0.25, 0.3) is 0 Å². The maximum absolute atomic E-state index is 11.3. The summed E-state index contributed by atoms with van der Waals surface area (Å²) < 4.78 is 0. The van der Waals surface area contributed by atoms with Crippen LogP contribution in [0.1, 0.15) is 42.5 Å². The molecule has 0 radical (unpaired) electrons. The lowest BCUT2D eigenvalue weighted by Gasteiger charge is -2.33. The molecule has 0 bridgehead atoms. The zero-order chi connectivity index (χ0) is 14.1. The summed E-state index contributed by atoms with van der Waals surface area (Å²) in [6.45, 7) is 9.20. The average molecular weight is 250 g/mol. The summed E-state index contributed by atoms with van der Waals surface area (Å²) in [7, 11) is 0. The van der Waals surface area contributed by atoms with Gasteiger partial charge in [0.15, 0.2) is 0 Å². The van der Waals surface area contributed by atoms with Gasteiger partial charge < -0.3 is 10.2 Å². The van der Waals surface area contributed by atoms with Crippen LogP contribution >= 0.6 is 0 Å². The van der Waals surface area contributed by atoms with Gasteiger partial charge in [-0.3, -0.25) is 4.79 Å². The topological polar surface area (TPSA) is 57.5 Å². The molecule has 0 aliphatic carbocycles. The number of carbonyl (C=O) groups is 1. The molecule has 2 unspecified atom stereocenters. The monoisotopic (exact) mass is 250 g/mol. The highest BCUT2D eigenvalue weighted by molar-refractivity contribution is 5.72. The van der Waals surface area contributed by atoms with Crippen LogP contribution < -0.4 is 0 Å². The molecule has 0 heterocycles. The van der Waals surface area contributed by atoms with Gasteiger partial charge in [0.05, 0.1) is 5.92 Å². The molecule has 0 fully saturated rings. The fourth-order valence-corrected chi connectivity index (χ4v) is 2.97. The van der Waals surface area contributed by atoms with E-state index in [-0.39, 0.29) is 0 Å². The summed E-state index contributed by atoms with van der Waals surface area (Å²) in [6.07, 6.45) is 0.398. The van der Waals surface area contributed by atoms with Crippen molar-refractivity contribution in [1.82, 2.24) is 0 Å². The van der Waals surface area contributed by atoms with Crippen molar-refractivity contribution < 1.29 is 15.0 Å². The zero-order valence-electron chi connectivity index (χ0n) is 11.7. The molecular formula is C15H22O3. The van der Waals surface area contributed by atoms with E-state index >= 15 is 0 Å². The second-order valence-electron chi connectivity index (χ2n) is 5.22. The van der Waals surface area contributed by atoms with Crippen molar-refractivity contribution in [2.45, 2.75) is 46.6 Å². The maximum Gasteiger partial charge on any atom is 0.309 e. The number of carboxylic acid groups (broad SMARTS) is 1. The van der Waals surface area contributed by atoms with Crippen molar-refractivity contribution >= 4 is 5.97 Å². The van der Waals surface area contributed by atoms with E-state index in [4.69, 9.17) is 0 Å². The largest absolute Gasteiger partial charge is 0.481 e. The molecule has 2 N–H and O–H groups in total. The third kappa shape index (κ3) is 2.56. The minimum absolute atomic E-state index is 0.398. The van der Waals surface area contributed by atoms with E-state index in [0.717, 1.165) is 22.3 Å². The Labute approximate surface area is 108 Å². The summed E-state index contributed by atoms with van der Waals surface area (Å²) in [5, 5.41) is 19.9. The second kappa shape index (κ2) is 5.11. The standard InChI is InChI=1S/C15H22O3/c1-6-12(14(16)17)15(5,18)13-10(3)7-9(2)8-11(13)4/h7-8,12,18H,6H2,1-5H3,(H,16,17). The second-order valence-corrected chi connectivity index (χ2v) is 5.22. The molecule has 1 aromatic rings. The third-order valence-electron chi connectivity index (χ3n) is 3.57. The molecule has 0 aliphatic heterocycles. The van der Waals surface area contributed by atoms with E-state index in [0.29, 0.717) is 6.42 Å². The fourth-order valence-electron chi connectivity index (χ4n) is 2.97. The van der Waals surface area contributed by atoms with Crippen molar-refractivity contribution in [3.63, 3.8) is 0 Å². The highest BCUT2D eigenvalue weighted by Crippen LogP contribution is 2.36. The van der Waals surface area contributed by atoms with E-state index in [2.05, 4.69) is 0 Å². The fraction of sp³-hybridized carbons (Fsp3) is 0.533. The van der Waals surface area contributed by atoms with E-state index in [1.165, 1.54) is 0 Å². The first kappa shape index (κ1) is 14.7. The zero-order valence-corrected chi connectivity index (χ0v) is 11.7. The minimum Gasteiger partial charge on any atom is -0.481 e. The normalized spacial score (nSPS) is 16.1. The SMILES string of the molecule is CCC(C(=O)O)C(C)(O)c1c(C)cc(C)cc1C. The van der Waals surface area contributed by atoms with Crippen molar-refractivity contribution in [3.05, 3.63) is 34.4 Å². The van der Waals surface area contributed by atoms with Gasteiger partial charge in [-0.15, -0.1) is 0 Å².